The number of hydrogen-bond donors (Lipinski definition) is 0. The van der Waals surface area contributed by atoms with Crippen LogP contribution in [0.25, 0.3) is 0 Å². The summed E-state index contributed by atoms with van der Waals surface area (Å²) in [5.74, 6) is 1.85. The van der Waals surface area contributed by atoms with Gasteiger partial charge in [0.05, 0.1) is 5.69 Å². The first-order valence-electron chi connectivity index (χ1n) is 9.41. The second kappa shape index (κ2) is 9.95. The van der Waals surface area contributed by atoms with Crippen molar-refractivity contribution >= 4 is 23.3 Å². The molecule has 0 heterocycles. The Balaban J connectivity index is 1.82. The lowest BCUT2D eigenvalue weighted by molar-refractivity contribution is 0.555. The lowest BCUT2D eigenvalue weighted by Gasteiger charge is -2.08. The molecule has 0 spiro atoms. The molecule has 0 aromatic heterocycles. The van der Waals surface area contributed by atoms with Gasteiger partial charge in [-0.1, -0.05) is 68.1 Å². The van der Waals surface area contributed by atoms with Gasteiger partial charge in [-0.25, -0.2) is 4.99 Å². The Hall–Kier alpha value is -2.78. The Bertz CT molecular complexity index is 944. The standard InChI is InChI=1S/C25H25NOS/c1-19(2)21-12-14-22(15-13-21)26-25(27-23-9-7-8-20(3)18-23)16-17-28-24-10-5-4-6-11-24/h4-19H,1-3H3. The van der Waals surface area contributed by atoms with Gasteiger partial charge in [0.15, 0.2) is 0 Å². The minimum absolute atomic E-state index is 0.503. The molecule has 0 bridgehead atoms. The molecule has 0 aliphatic heterocycles. The predicted molar refractivity (Wildman–Crippen MR) is 121 cm³/mol. The minimum Gasteiger partial charge on any atom is -0.439 e. The SMILES string of the molecule is Cc1cccc(OC(C=CSc2ccccc2)=Nc2ccc(C(C)C)cc2)c1. The minimum atomic E-state index is 0.503. The normalized spacial score (nSPS) is 11.9. The highest BCUT2D eigenvalue weighted by atomic mass is 32.2. The first kappa shape index (κ1) is 20.0. The molecule has 3 aromatic carbocycles. The van der Waals surface area contributed by atoms with Crippen LogP contribution in [0.5, 0.6) is 5.75 Å². The third kappa shape index (κ3) is 6.14. The fourth-order valence-corrected chi connectivity index (χ4v) is 3.28. The summed E-state index contributed by atoms with van der Waals surface area (Å²) in [5, 5.41) is 2.01. The lowest BCUT2D eigenvalue weighted by Crippen LogP contribution is -2.04. The van der Waals surface area contributed by atoms with Crippen LogP contribution in [-0.2, 0) is 0 Å². The number of ether oxygens (including phenoxy) is 1. The summed E-state index contributed by atoms with van der Waals surface area (Å²) >= 11 is 1.64. The predicted octanol–water partition coefficient (Wildman–Crippen LogP) is 7.53. The van der Waals surface area contributed by atoms with Gasteiger partial charge in [-0.05, 0) is 65.8 Å². The van der Waals surface area contributed by atoms with Crippen LogP contribution in [0.15, 0.2) is 100 Å². The van der Waals surface area contributed by atoms with E-state index in [2.05, 4.69) is 51.1 Å². The molecule has 3 heteroatoms. The summed E-state index contributed by atoms with van der Waals surface area (Å²) in [6.45, 7) is 6.43. The van der Waals surface area contributed by atoms with E-state index in [0.717, 1.165) is 17.0 Å². The number of aryl methyl sites for hydroxylation is 1. The Labute approximate surface area is 172 Å². The quantitative estimate of drug-likeness (QED) is 0.248. The Morgan fingerprint density at radius 3 is 2.36 bits per heavy atom. The van der Waals surface area contributed by atoms with Gasteiger partial charge >= 0.3 is 0 Å². The molecule has 0 unspecified atom stereocenters. The average Bonchev–Trinajstić information content (AvgIpc) is 2.69. The van der Waals surface area contributed by atoms with Crippen LogP contribution in [-0.4, -0.2) is 5.90 Å². The van der Waals surface area contributed by atoms with Gasteiger partial charge in [-0.2, -0.15) is 0 Å². The molecular formula is C25H25NOS. The molecule has 0 aliphatic carbocycles. The highest BCUT2D eigenvalue weighted by molar-refractivity contribution is 8.02. The highest BCUT2D eigenvalue weighted by Gasteiger charge is 2.03. The summed E-state index contributed by atoms with van der Waals surface area (Å²) < 4.78 is 6.06. The zero-order chi connectivity index (χ0) is 19.8. The zero-order valence-corrected chi connectivity index (χ0v) is 17.3. The third-order valence-electron chi connectivity index (χ3n) is 4.17. The van der Waals surface area contributed by atoms with Gasteiger partial charge in [0.2, 0.25) is 5.90 Å². The molecule has 0 fully saturated rings. The first-order chi connectivity index (χ1) is 13.6. The van der Waals surface area contributed by atoms with Crippen molar-refractivity contribution in [2.24, 2.45) is 4.99 Å². The highest BCUT2D eigenvalue weighted by Crippen LogP contribution is 2.22. The maximum atomic E-state index is 6.06. The summed E-state index contributed by atoms with van der Waals surface area (Å²) in [7, 11) is 0. The van der Waals surface area contributed by atoms with Crippen molar-refractivity contribution in [1.82, 2.24) is 0 Å². The average molecular weight is 388 g/mol. The fraction of sp³-hybridized carbons (Fsp3) is 0.160. The van der Waals surface area contributed by atoms with E-state index in [1.54, 1.807) is 11.8 Å². The van der Waals surface area contributed by atoms with Crippen LogP contribution in [0, 0.1) is 6.92 Å². The molecule has 0 saturated carbocycles. The molecule has 3 aromatic rings. The van der Waals surface area contributed by atoms with E-state index < -0.39 is 0 Å². The second-order valence-corrected chi connectivity index (χ2v) is 7.83. The zero-order valence-electron chi connectivity index (χ0n) is 16.5. The van der Waals surface area contributed by atoms with Crippen LogP contribution >= 0.6 is 11.8 Å². The number of benzene rings is 3. The van der Waals surface area contributed by atoms with E-state index in [1.807, 2.05) is 60.0 Å². The molecule has 2 nitrogen and oxygen atoms in total. The third-order valence-corrected chi connectivity index (χ3v) is 4.99. The van der Waals surface area contributed by atoms with Crippen LogP contribution < -0.4 is 4.74 Å². The molecule has 142 valence electrons. The van der Waals surface area contributed by atoms with E-state index in [4.69, 9.17) is 9.73 Å². The van der Waals surface area contributed by atoms with Crippen LogP contribution in [0.1, 0.15) is 30.9 Å². The van der Waals surface area contributed by atoms with Gasteiger partial charge in [0.25, 0.3) is 0 Å². The Morgan fingerprint density at radius 2 is 1.68 bits per heavy atom. The molecule has 0 N–H and O–H groups in total. The van der Waals surface area contributed by atoms with Gasteiger partial charge < -0.3 is 4.74 Å². The molecule has 0 amide bonds. The van der Waals surface area contributed by atoms with E-state index in [0.29, 0.717) is 11.8 Å². The molecule has 0 atom stereocenters. The van der Waals surface area contributed by atoms with Gasteiger partial charge in [0.1, 0.15) is 5.75 Å². The van der Waals surface area contributed by atoms with Crippen molar-refractivity contribution in [3.05, 3.63) is 101 Å². The molecule has 0 aliphatic rings. The Kier molecular flexibility index (Phi) is 7.10. The van der Waals surface area contributed by atoms with E-state index in [9.17, 15) is 0 Å². The van der Waals surface area contributed by atoms with Crippen molar-refractivity contribution in [2.75, 3.05) is 0 Å². The van der Waals surface area contributed by atoms with Crippen molar-refractivity contribution in [3.63, 3.8) is 0 Å². The van der Waals surface area contributed by atoms with Crippen molar-refractivity contribution < 1.29 is 4.74 Å². The maximum Gasteiger partial charge on any atom is 0.220 e. The topological polar surface area (TPSA) is 21.6 Å². The van der Waals surface area contributed by atoms with Gasteiger partial charge in [0, 0.05) is 11.0 Å². The molecule has 0 saturated heterocycles. The summed E-state index contributed by atoms with van der Waals surface area (Å²) in [5.41, 5.74) is 3.33. The fourth-order valence-electron chi connectivity index (χ4n) is 2.62. The lowest BCUT2D eigenvalue weighted by atomic mass is 10.0. The number of hydrogen-bond acceptors (Lipinski definition) is 3. The van der Waals surface area contributed by atoms with Gasteiger partial charge in [-0.15, -0.1) is 0 Å². The van der Waals surface area contributed by atoms with Crippen molar-refractivity contribution in [1.29, 1.82) is 0 Å². The smallest absolute Gasteiger partial charge is 0.220 e. The van der Waals surface area contributed by atoms with Crippen molar-refractivity contribution in [2.45, 2.75) is 31.6 Å². The number of aliphatic imine (C=N–C) groups is 1. The second-order valence-electron chi connectivity index (χ2n) is 6.85. The molecular weight excluding hydrogens is 362 g/mol. The monoisotopic (exact) mass is 387 g/mol. The number of nitrogens with zero attached hydrogens (tertiary/aromatic N) is 1. The van der Waals surface area contributed by atoms with E-state index >= 15 is 0 Å². The van der Waals surface area contributed by atoms with Crippen LogP contribution in [0.4, 0.5) is 5.69 Å². The van der Waals surface area contributed by atoms with E-state index in [-0.39, 0.29) is 0 Å². The molecule has 3 rings (SSSR count). The largest absolute Gasteiger partial charge is 0.439 e. The van der Waals surface area contributed by atoms with Crippen LogP contribution in [0.2, 0.25) is 0 Å². The van der Waals surface area contributed by atoms with Crippen molar-refractivity contribution in [3.8, 4) is 5.75 Å². The van der Waals surface area contributed by atoms with E-state index in [1.165, 1.54) is 10.5 Å². The Morgan fingerprint density at radius 1 is 0.929 bits per heavy atom. The summed E-state index contributed by atoms with van der Waals surface area (Å²) in [4.78, 5) is 5.89. The van der Waals surface area contributed by atoms with Gasteiger partial charge in [-0.3, -0.25) is 0 Å². The summed E-state index contributed by atoms with van der Waals surface area (Å²) in [6, 6.07) is 26.6. The first-order valence-corrected chi connectivity index (χ1v) is 10.3. The summed E-state index contributed by atoms with van der Waals surface area (Å²) in [6.07, 6.45) is 1.91. The number of thioether (sulfide) groups is 1. The number of rotatable bonds is 6. The molecule has 28 heavy (non-hydrogen) atoms. The molecule has 0 radical (unpaired) electrons. The van der Waals surface area contributed by atoms with Crippen LogP contribution in [0.3, 0.4) is 0 Å². The maximum absolute atomic E-state index is 6.06.